The summed E-state index contributed by atoms with van der Waals surface area (Å²) in [6.45, 7) is 1.92. The maximum Gasteiger partial charge on any atom is 0.171 e. The second-order valence-corrected chi connectivity index (χ2v) is 3.57. The summed E-state index contributed by atoms with van der Waals surface area (Å²) in [7, 11) is 0. The molecule has 0 saturated heterocycles. The monoisotopic (exact) mass is 221 g/mol. The summed E-state index contributed by atoms with van der Waals surface area (Å²) in [4.78, 5) is 10.5. The van der Waals surface area contributed by atoms with E-state index in [2.05, 4.69) is 10.3 Å². The first kappa shape index (κ1) is 9.86. The summed E-state index contributed by atoms with van der Waals surface area (Å²) < 4.78 is 1.55. The molecule has 0 radical (unpaired) electrons. The predicted molar refractivity (Wildman–Crippen MR) is 56.5 cm³/mol. The summed E-state index contributed by atoms with van der Waals surface area (Å²) in [5.41, 5.74) is 2.15. The van der Waals surface area contributed by atoms with Crippen LogP contribution in [0.25, 0.3) is 5.69 Å². The molecule has 0 aliphatic carbocycles. The SMILES string of the molecule is Cc1cc(Cl)ccc1-n1cc(C=O)nn1. The highest BCUT2D eigenvalue weighted by Crippen LogP contribution is 2.17. The highest BCUT2D eigenvalue weighted by atomic mass is 35.5. The van der Waals surface area contributed by atoms with Gasteiger partial charge < -0.3 is 0 Å². The minimum atomic E-state index is 0.310. The van der Waals surface area contributed by atoms with E-state index in [9.17, 15) is 4.79 Å². The molecule has 1 heterocycles. The van der Waals surface area contributed by atoms with Gasteiger partial charge in [-0.2, -0.15) is 0 Å². The average Bonchev–Trinajstić information content (AvgIpc) is 2.66. The summed E-state index contributed by atoms with van der Waals surface area (Å²) in [6.07, 6.45) is 2.23. The number of aryl methyl sites for hydroxylation is 1. The number of hydrogen-bond donors (Lipinski definition) is 0. The Balaban J connectivity index is 2.49. The van der Waals surface area contributed by atoms with Crippen molar-refractivity contribution in [1.82, 2.24) is 15.0 Å². The molecular formula is C10H8ClN3O. The number of aldehydes is 1. The van der Waals surface area contributed by atoms with E-state index >= 15 is 0 Å². The Morgan fingerprint density at radius 3 is 2.87 bits per heavy atom. The highest BCUT2D eigenvalue weighted by molar-refractivity contribution is 6.30. The zero-order valence-electron chi connectivity index (χ0n) is 8.01. The first-order valence-electron chi connectivity index (χ1n) is 4.35. The van der Waals surface area contributed by atoms with Gasteiger partial charge in [0.2, 0.25) is 0 Å². The minimum absolute atomic E-state index is 0.310. The van der Waals surface area contributed by atoms with E-state index in [4.69, 9.17) is 11.6 Å². The number of hydrogen-bond acceptors (Lipinski definition) is 3. The van der Waals surface area contributed by atoms with Crippen LogP contribution >= 0.6 is 11.6 Å². The fraction of sp³-hybridized carbons (Fsp3) is 0.100. The smallest absolute Gasteiger partial charge is 0.171 e. The van der Waals surface area contributed by atoms with Crippen LogP contribution in [0.4, 0.5) is 0 Å². The second kappa shape index (κ2) is 3.82. The third-order valence-electron chi connectivity index (χ3n) is 2.04. The summed E-state index contributed by atoms with van der Waals surface area (Å²) in [5.74, 6) is 0. The maximum absolute atomic E-state index is 10.5. The van der Waals surface area contributed by atoms with Crippen LogP contribution in [0.5, 0.6) is 0 Å². The van der Waals surface area contributed by atoms with Crippen molar-refractivity contribution in [1.29, 1.82) is 0 Å². The molecule has 0 atom stereocenters. The minimum Gasteiger partial charge on any atom is -0.296 e. The van der Waals surface area contributed by atoms with Gasteiger partial charge in [0, 0.05) is 5.02 Å². The highest BCUT2D eigenvalue weighted by Gasteiger charge is 2.04. The lowest BCUT2D eigenvalue weighted by molar-refractivity contribution is 0.111. The van der Waals surface area contributed by atoms with Gasteiger partial charge in [-0.05, 0) is 30.7 Å². The number of rotatable bonds is 2. The first-order chi connectivity index (χ1) is 7.20. The van der Waals surface area contributed by atoms with Crippen molar-refractivity contribution < 1.29 is 4.79 Å². The number of halogens is 1. The molecule has 0 spiro atoms. The van der Waals surface area contributed by atoms with Crippen molar-refractivity contribution in [3.63, 3.8) is 0 Å². The van der Waals surface area contributed by atoms with Crippen molar-refractivity contribution in [3.05, 3.63) is 40.7 Å². The molecule has 1 aromatic carbocycles. The van der Waals surface area contributed by atoms with Crippen LogP contribution in [0.15, 0.2) is 24.4 Å². The Kier molecular flexibility index (Phi) is 2.51. The number of carbonyl (C=O) groups is 1. The average molecular weight is 222 g/mol. The van der Waals surface area contributed by atoms with Crippen molar-refractivity contribution >= 4 is 17.9 Å². The quantitative estimate of drug-likeness (QED) is 0.730. The van der Waals surface area contributed by atoms with Crippen LogP contribution in [0.2, 0.25) is 5.02 Å². The number of nitrogens with zero attached hydrogens (tertiary/aromatic N) is 3. The summed E-state index contributed by atoms with van der Waals surface area (Å²) >= 11 is 5.84. The molecule has 0 amide bonds. The Morgan fingerprint density at radius 2 is 2.27 bits per heavy atom. The molecule has 5 heteroatoms. The first-order valence-corrected chi connectivity index (χ1v) is 4.72. The van der Waals surface area contributed by atoms with E-state index in [1.54, 1.807) is 16.9 Å². The molecule has 1 aromatic heterocycles. The molecule has 0 bridgehead atoms. The second-order valence-electron chi connectivity index (χ2n) is 3.14. The maximum atomic E-state index is 10.5. The van der Waals surface area contributed by atoms with E-state index < -0.39 is 0 Å². The Hall–Kier alpha value is -1.68. The molecule has 0 aliphatic heterocycles. The standard InChI is InChI=1S/C10H8ClN3O/c1-7-4-8(11)2-3-10(7)14-5-9(6-15)12-13-14/h2-6H,1H3. The van der Waals surface area contributed by atoms with E-state index in [1.165, 1.54) is 0 Å². The third kappa shape index (κ3) is 1.89. The van der Waals surface area contributed by atoms with Crippen molar-refractivity contribution in [2.24, 2.45) is 0 Å². The van der Waals surface area contributed by atoms with E-state index in [-0.39, 0.29) is 0 Å². The molecule has 0 N–H and O–H groups in total. The molecule has 2 aromatic rings. The normalized spacial score (nSPS) is 10.3. The molecule has 2 rings (SSSR count). The molecule has 0 fully saturated rings. The lowest BCUT2D eigenvalue weighted by atomic mass is 10.2. The van der Waals surface area contributed by atoms with Gasteiger partial charge in [-0.3, -0.25) is 4.79 Å². The molecule has 4 nitrogen and oxygen atoms in total. The van der Waals surface area contributed by atoms with Gasteiger partial charge in [0.05, 0.1) is 11.9 Å². The predicted octanol–water partition coefficient (Wildman–Crippen LogP) is 2.04. The zero-order valence-corrected chi connectivity index (χ0v) is 8.77. The van der Waals surface area contributed by atoms with E-state index in [1.807, 2.05) is 19.1 Å². The molecule has 15 heavy (non-hydrogen) atoms. The van der Waals surface area contributed by atoms with E-state index in [0.717, 1.165) is 11.3 Å². The van der Waals surface area contributed by atoms with Gasteiger partial charge in [0.1, 0.15) is 5.69 Å². The molecular weight excluding hydrogens is 214 g/mol. The van der Waals surface area contributed by atoms with Crippen LogP contribution in [-0.4, -0.2) is 21.3 Å². The fourth-order valence-corrected chi connectivity index (χ4v) is 1.55. The van der Waals surface area contributed by atoms with Crippen LogP contribution in [0.1, 0.15) is 16.1 Å². The van der Waals surface area contributed by atoms with Crippen LogP contribution in [0.3, 0.4) is 0 Å². The van der Waals surface area contributed by atoms with Gasteiger partial charge >= 0.3 is 0 Å². The van der Waals surface area contributed by atoms with Gasteiger partial charge in [0.15, 0.2) is 6.29 Å². The lowest BCUT2D eigenvalue weighted by Crippen LogP contribution is -1.97. The zero-order chi connectivity index (χ0) is 10.8. The van der Waals surface area contributed by atoms with Gasteiger partial charge in [-0.25, -0.2) is 4.68 Å². The lowest BCUT2D eigenvalue weighted by Gasteiger charge is -2.04. The largest absolute Gasteiger partial charge is 0.296 e. The summed E-state index contributed by atoms with van der Waals surface area (Å²) in [6, 6.07) is 5.44. The fourth-order valence-electron chi connectivity index (χ4n) is 1.32. The van der Waals surface area contributed by atoms with Gasteiger partial charge in [-0.15, -0.1) is 5.10 Å². The molecule has 76 valence electrons. The number of benzene rings is 1. The Bertz CT molecular complexity index is 507. The molecule has 0 unspecified atom stereocenters. The number of carbonyl (C=O) groups excluding carboxylic acids is 1. The van der Waals surface area contributed by atoms with E-state index in [0.29, 0.717) is 17.0 Å². The number of aromatic nitrogens is 3. The Morgan fingerprint density at radius 1 is 1.47 bits per heavy atom. The van der Waals surface area contributed by atoms with Crippen LogP contribution in [0, 0.1) is 6.92 Å². The van der Waals surface area contributed by atoms with Gasteiger partial charge in [-0.1, -0.05) is 16.8 Å². The molecule has 0 aliphatic rings. The van der Waals surface area contributed by atoms with Crippen molar-refractivity contribution in [2.75, 3.05) is 0 Å². The summed E-state index contributed by atoms with van der Waals surface area (Å²) in [5, 5.41) is 8.20. The van der Waals surface area contributed by atoms with Crippen LogP contribution < -0.4 is 0 Å². The van der Waals surface area contributed by atoms with Crippen molar-refractivity contribution in [2.45, 2.75) is 6.92 Å². The third-order valence-corrected chi connectivity index (χ3v) is 2.27. The van der Waals surface area contributed by atoms with Crippen LogP contribution in [-0.2, 0) is 0 Å². The Labute approximate surface area is 91.5 Å². The van der Waals surface area contributed by atoms with Gasteiger partial charge in [0.25, 0.3) is 0 Å². The molecule has 0 saturated carbocycles. The van der Waals surface area contributed by atoms with Crippen molar-refractivity contribution in [3.8, 4) is 5.69 Å². The topological polar surface area (TPSA) is 47.8 Å².